The number of carbonyl (C=O) groups is 1. The summed E-state index contributed by atoms with van der Waals surface area (Å²) in [7, 11) is 1.98. The third-order valence-electron chi connectivity index (χ3n) is 5.64. The van der Waals surface area contributed by atoms with Crippen LogP contribution < -0.4 is 10.2 Å². The minimum atomic E-state index is -0.349. The highest BCUT2D eigenvalue weighted by Crippen LogP contribution is 2.26. The van der Waals surface area contributed by atoms with Gasteiger partial charge in [0.2, 0.25) is 5.91 Å². The fourth-order valence-electron chi connectivity index (χ4n) is 4.01. The van der Waals surface area contributed by atoms with Gasteiger partial charge in [-0.3, -0.25) is 4.79 Å². The zero-order valence-corrected chi connectivity index (χ0v) is 17.8. The van der Waals surface area contributed by atoms with Crippen molar-refractivity contribution in [3.05, 3.63) is 72.2 Å². The van der Waals surface area contributed by atoms with Gasteiger partial charge in [-0.15, -0.1) is 0 Å². The first kappa shape index (κ1) is 20.1. The van der Waals surface area contributed by atoms with E-state index in [9.17, 15) is 9.18 Å². The van der Waals surface area contributed by atoms with Gasteiger partial charge in [-0.05, 0) is 18.2 Å². The van der Waals surface area contributed by atoms with Crippen LogP contribution in [0, 0.1) is 5.82 Å². The van der Waals surface area contributed by atoms with E-state index in [0.29, 0.717) is 48.5 Å². The van der Waals surface area contributed by atoms with Crippen LogP contribution in [0.3, 0.4) is 0 Å². The van der Waals surface area contributed by atoms with Crippen LogP contribution in [0.1, 0.15) is 11.6 Å². The van der Waals surface area contributed by atoms with Gasteiger partial charge in [0.15, 0.2) is 0 Å². The lowest BCUT2D eigenvalue weighted by molar-refractivity contribution is -0.120. The Hall–Kier alpha value is -3.81. The maximum Gasteiger partial charge on any atom is 0.239 e. The maximum atomic E-state index is 14.0. The van der Waals surface area contributed by atoms with Crippen LogP contribution in [0.2, 0.25) is 0 Å². The third-order valence-corrected chi connectivity index (χ3v) is 5.64. The Bertz CT molecular complexity index is 1290. The van der Waals surface area contributed by atoms with E-state index in [-0.39, 0.29) is 18.3 Å². The molecule has 4 aromatic rings. The van der Waals surface area contributed by atoms with Crippen molar-refractivity contribution in [2.45, 2.75) is 12.8 Å². The van der Waals surface area contributed by atoms with Crippen molar-refractivity contribution in [1.82, 2.24) is 24.8 Å². The average Bonchev–Trinajstić information content (AvgIpc) is 3.18. The van der Waals surface area contributed by atoms with Crippen molar-refractivity contribution in [2.24, 2.45) is 7.05 Å². The Balaban J connectivity index is 1.44. The largest absolute Gasteiger partial charge is 0.353 e. The molecule has 1 N–H and O–H groups in total. The van der Waals surface area contributed by atoms with Crippen molar-refractivity contribution in [3.8, 4) is 11.3 Å². The minimum Gasteiger partial charge on any atom is -0.353 e. The van der Waals surface area contributed by atoms with Gasteiger partial charge in [-0.25, -0.2) is 19.3 Å². The number of piperazine rings is 1. The van der Waals surface area contributed by atoms with E-state index < -0.39 is 0 Å². The van der Waals surface area contributed by atoms with E-state index >= 15 is 0 Å². The molecule has 7 nitrogen and oxygen atoms in total. The van der Waals surface area contributed by atoms with Gasteiger partial charge in [0, 0.05) is 50.1 Å². The van der Waals surface area contributed by atoms with Crippen molar-refractivity contribution in [3.63, 3.8) is 0 Å². The van der Waals surface area contributed by atoms with Crippen LogP contribution in [-0.2, 0) is 24.7 Å². The number of hydrogen-bond acceptors (Lipinski definition) is 5. The number of fused-ring (bicyclic) bond motifs is 1. The molecule has 8 heteroatoms. The zero-order valence-electron chi connectivity index (χ0n) is 17.8. The molecule has 1 aliphatic rings. The molecule has 162 valence electrons. The molecule has 2 aromatic carbocycles. The summed E-state index contributed by atoms with van der Waals surface area (Å²) < 4.78 is 16.0. The molecule has 32 heavy (non-hydrogen) atoms. The molecule has 1 fully saturated rings. The van der Waals surface area contributed by atoms with Gasteiger partial charge < -0.3 is 14.8 Å². The molecular weight excluding hydrogens is 407 g/mol. The summed E-state index contributed by atoms with van der Waals surface area (Å²) >= 11 is 0. The number of hydrogen-bond donors (Lipinski definition) is 1. The number of amides is 1. The standard InChI is InChI=1S/C24H23FN6O/c1-30-14-20(16-5-3-2-4-6-16)28-22(30)10-9-21-27-19-8-7-17(25)13-18(19)24(29-21)31-12-11-26-23(32)15-31/h2-8,13-14H,9-12,15H2,1H3,(H,26,32). The summed E-state index contributed by atoms with van der Waals surface area (Å²) in [5, 5.41) is 3.43. The number of halogens is 1. The number of nitrogens with one attached hydrogen (secondary N) is 1. The van der Waals surface area contributed by atoms with Crippen LogP contribution in [0.15, 0.2) is 54.7 Å². The van der Waals surface area contributed by atoms with Crippen LogP contribution in [0.25, 0.3) is 22.2 Å². The Kier molecular flexibility index (Phi) is 5.26. The van der Waals surface area contributed by atoms with E-state index in [0.717, 1.165) is 17.1 Å². The summed E-state index contributed by atoms with van der Waals surface area (Å²) in [5.74, 6) is 1.77. The number of benzene rings is 2. The number of aromatic nitrogens is 4. The normalized spacial score (nSPS) is 14.1. The lowest BCUT2D eigenvalue weighted by Crippen LogP contribution is -2.48. The molecule has 2 aromatic heterocycles. The summed E-state index contributed by atoms with van der Waals surface area (Å²) in [6.07, 6.45) is 3.27. The lowest BCUT2D eigenvalue weighted by Gasteiger charge is -2.28. The number of aryl methyl sites for hydroxylation is 3. The Labute approximate surface area is 184 Å². The van der Waals surface area contributed by atoms with Gasteiger partial charge in [0.1, 0.15) is 23.3 Å². The first-order valence-electron chi connectivity index (χ1n) is 10.6. The Morgan fingerprint density at radius 2 is 1.91 bits per heavy atom. The second kappa shape index (κ2) is 8.37. The molecule has 0 saturated carbocycles. The van der Waals surface area contributed by atoms with E-state index in [1.165, 1.54) is 12.1 Å². The third kappa shape index (κ3) is 4.03. The van der Waals surface area contributed by atoms with Crippen LogP contribution in [-0.4, -0.2) is 45.1 Å². The molecule has 0 atom stereocenters. The van der Waals surface area contributed by atoms with E-state index in [2.05, 4.69) is 10.3 Å². The van der Waals surface area contributed by atoms with E-state index in [1.54, 1.807) is 6.07 Å². The van der Waals surface area contributed by atoms with E-state index in [1.807, 2.05) is 53.0 Å². The van der Waals surface area contributed by atoms with E-state index in [4.69, 9.17) is 9.97 Å². The van der Waals surface area contributed by atoms with Crippen molar-refractivity contribution in [2.75, 3.05) is 24.5 Å². The van der Waals surface area contributed by atoms with Crippen molar-refractivity contribution >= 4 is 22.6 Å². The minimum absolute atomic E-state index is 0.0672. The van der Waals surface area contributed by atoms with Gasteiger partial charge in [0.25, 0.3) is 0 Å². The molecule has 1 amide bonds. The molecule has 1 saturated heterocycles. The molecule has 0 spiro atoms. The van der Waals surface area contributed by atoms with Crippen LogP contribution in [0.4, 0.5) is 10.2 Å². The Morgan fingerprint density at radius 3 is 2.72 bits per heavy atom. The van der Waals surface area contributed by atoms with Gasteiger partial charge in [0.05, 0.1) is 17.8 Å². The lowest BCUT2D eigenvalue weighted by atomic mass is 10.2. The molecule has 0 bridgehead atoms. The van der Waals surface area contributed by atoms with Crippen LogP contribution >= 0.6 is 0 Å². The number of imidazole rings is 1. The quantitative estimate of drug-likeness (QED) is 0.527. The fourth-order valence-corrected chi connectivity index (χ4v) is 4.01. The molecule has 5 rings (SSSR count). The van der Waals surface area contributed by atoms with Gasteiger partial charge >= 0.3 is 0 Å². The molecule has 0 aliphatic carbocycles. The first-order valence-corrected chi connectivity index (χ1v) is 10.6. The van der Waals surface area contributed by atoms with Crippen LogP contribution in [0.5, 0.6) is 0 Å². The summed E-state index contributed by atoms with van der Waals surface area (Å²) in [6.45, 7) is 1.35. The highest BCUT2D eigenvalue weighted by molar-refractivity contribution is 5.92. The summed E-state index contributed by atoms with van der Waals surface area (Å²) in [6, 6.07) is 14.6. The van der Waals surface area contributed by atoms with Gasteiger partial charge in [-0.1, -0.05) is 30.3 Å². The molecule has 3 heterocycles. The average molecular weight is 430 g/mol. The monoisotopic (exact) mass is 430 g/mol. The molecular formula is C24H23FN6O. The first-order chi connectivity index (χ1) is 15.6. The highest BCUT2D eigenvalue weighted by atomic mass is 19.1. The zero-order chi connectivity index (χ0) is 22.1. The predicted octanol–water partition coefficient (Wildman–Crippen LogP) is 2.89. The van der Waals surface area contributed by atoms with Crippen molar-refractivity contribution < 1.29 is 9.18 Å². The Morgan fingerprint density at radius 1 is 1.06 bits per heavy atom. The SMILES string of the molecule is Cn1cc(-c2ccccc2)nc1CCc1nc(N2CCNC(=O)C2)c2cc(F)ccc2n1. The topological polar surface area (TPSA) is 75.9 Å². The molecule has 0 radical (unpaired) electrons. The number of rotatable bonds is 5. The van der Waals surface area contributed by atoms with Crippen molar-refractivity contribution in [1.29, 1.82) is 0 Å². The fraction of sp³-hybridized carbons (Fsp3) is 0.250. The maximum absolute atomic E-state index is 14.0. The summed E-state index contributed by atoms with van der Waals surface area (Å²) in [4.78, 5) is 28.0. The second-order valence-electron chi connectivity index (χ2n) is 7.92. The predicted molar refractivity (Wildman–Crippen MR) is 121 cm³/mol. The number of carbonyl (C=O) groups excluding carboxylic acids is 1. The van der Waals surface area contributed by atoms with Gasteiger partial charge in [-0.2, -0.15) is 0 Å². The number of nitrogens with zero attached hydrogens (tertiary/aromatic N) is 5. The summed E-state index contributed by atoms with van der Waals surface area (Å²) in [5.41, 5.74) is 2.67. The molecule has 0 unspecified atom stereocenters. The highest BCUT2D eigenvalue weighted by Gasteiger charge is 2.21. The molecule has 1 aliphatic heterocycles. The number of anilines is 1. The second-order valence-corrected chi connectivity index (χ2v) is 7.92. The smallest absolute Gasteiger partial charge is 0.239 e.